The van der Waals surface area contributed by atoms with Crippen LogP contribution in [0.4, 0.5) is 5.69 Å². The Morgan fingerprint density at radius 3 is 2.52 bits per heavy atom. The van der Waals surface area contributed by atoms with E-state index in [4.69, 9.17) is 11.6 Å². The molecule has 152 valence electrons. The van der Waals surface area contributed by atoms with Gasteiger partial charge in [0.05, 0.1) is 10.6 Å². The average Bonchev–Trinajstić information content (AvgIpc) is 3.12. The molecule has 1 aromatic heterocycles. The molecule has 1 aliphatic heterocycles. The summed E-state index contributed by atoms with van der Waals surface area (Å²) in [5.41, 5.74) is 4.24. The number of carbonyl (C=O) groups is 1. The van der Waals surface area contributed by atoms with Gasteiger partial charge in [-0.1, -0.05) is 44.5 Å². The zero-order valence-corrected chi connectivity index (χ0v) is 18.0. The highest BCUT2D eigenvalue weighted by Crippen LogP contribution is 2.28. The number of nitrogens with one attached hydrogen (secondary N) is 2. The second-order valence-electron chi connectivity index (χ2n) is 8.93. The normalized spacial score (nSPS) is 15.7. The monoisotopic (exact) mass is 409 g/mol. The maximum Gasteiger partial charge on any atom is 0.255 e. The molecule has 2 aromatic carbocycles. The van der Waals surface area contributed by atoms with Crippen LogP contribution in [0.1, 0.15) is 49.7 Å². The van der Waals surface area contributed by atoms with Gasteiger partial charge in [-0.3, -0.25) is 4.79 Å². The van der Waals surface area contributed by atoms with Gasteiger partial charge in [0.1, 0.15) is 0 Å². The minimum Gasteiger partial charge on any atom is -0.382 e. The van der Waals surface area contributed by atoms with E-state index in [0.717, 1.165) is 31.6 Å². The first kappa shape index (κ1) is 19.8. The molecule has 0 atom stereocenters. The van der Waals surface area contributed by atoms with Crippen LogP contribution in [0.25, 0.3) is 10.9 Å². The highest BCUT2D eigenvalue weighted by molar-refractivity contribution is 6.33. The molecule has 2 N–H and O–H groups in total. The summed E-state index contributed by atoms with van der Waals surface area (Å²) in [6, 6.07) is 16.4. The van der Waals surface area contributed by atoms with E-state index >= 15 is 0 Å². The second-order valence-corrected chi connectivity index (χ2v) is 9.33. The van der Waals surface area contributed by atoms with Crippen LogP contribution in [-0.4, -0.2) is 34.9 Å². The van der Waals surface area contributed by atoms with E-state index in [2.05, 4.69) is 55.3 Å². The van der Waals surface area contributed by atoms with E-state index < -0.39 is 0 Å². The van der Waals surface area contributed by atoms with Crippen LogP contribution in [0.5, 0.6) is 0 Å². The van der Waals surface area contributed by atoms with Crippen LogP contribution in [-0.2, 0) is 5.41 Å². The Labute approximate surface area is 177 Å². The lowest BCUT2D eigenvalue weighted by molar-refractivity contribution is 0.0718. The number of hydrogen-bond donors (Lipinski definition) is 2. The van der Waals surface area contributed by atoms with Gasteiger partial charge in [0.2, 0.25) is 0 Å². The summed E-state index contributed by atoms with van der Waals surface area (Å²) < 4.78 is 0. The minimum absolute atomic E-state index is 0.0255. The first-order valence-corrected chi connectivity index (χ1v) is 10.6. The third-order valence-corrected chi connectivity index (χ3v) is 6.02. The van der Waals surface area contributed by atoms with Gasteiger partial charge in [0.15, 0.2) is 0 Å². The number of halogens is 1. The third kappa shape index (κ3) is 4.27. The number of rotatable bonds is 3. The number of benzene rings is 2. The molecule has 0 saturated carbocycles. The van der Waals surface area contributed by atoms with E-state index in [0.29, 0.717) is 16.6 Å². The maximum absolute atomic E-state index is 12.7. The lowest BCUT2D eigenvalue weighted by Crippen LogP contribution is -2.42. The summed E-state index contributed by atoms with van der Waals surface area (Å²) in [6.45, 7) is 8.13. The SMILES string of the molecule is CC(C)(C)c1cc2cc(NC3CCN(C(=O)c4ccccc4Cl)CC3)ccc2[nH]1. The van der Waals surface area contributed by atoms with Crippen LogP contribution in [0.2, 0.25) is 5.02 Å². The quantitative estimate of drug-likeness (QED) is 0.571. The van der Waals surface area contributed by atoms with Gasteiger partial charge in [0, 0.05) is 46.8 Å². The van der Waals surface area contributed by atoms with E-state index in [1.807, 2.05) is 17.0 Å². The van der Waals surface area contributed by atoms with Crippen molar-refractivity contribution in [2.45, 2.75) is 45.1 Å². The number of amides is 1. The number of aromatic nitrogens is 1. The molecule has 1 saturated heterocycles. The highest BCUT2D eigenvalue weighted by Gasteiger charge is 2.25. The topological polar surface area (TPSA) is 48.1 Å². The Hall–Kier alpha value is -2.46. The Balaban J connectivity index is 1.39. The molecule has 3 aromatic rings. The summed E-state index contributed by atoms with van der Waals surface area (Å²) >= 11 is 6.19. The van der Waals surface area contributed by atoms with Gasteiger partial charge in [-0.25, -0.2) is 0 Å². The number of aromatic amines is 1. The number of hydrogen-bond acceptors (Lipinski definition) is 2. The Kier molecular flexibility index (Phi) is 5.30. The first-order chi connectivity index (χ1) is 13.8. The van der Waals surface area contributed by atoms with Gasteiger partial charge >= 0.3 is 0 Å². The number of piperidine rings is 1. The fourth-order valence-electron chi connectivity index (χ4n) is 3.89. The van der Waals surface area contributed by atoms with E-state index in [1.54, 1.807) is 12.1 Å². The predicted molar refractivity (Wildman–Crippen MR) is 121 cm³/mol. The van der Waals surface area contributed by atoms with Crippen LogP contribution >= 0.6 is 11.6 Å². The molecule has 4 rings (SSSR count). The number of H-pyrrole nitrogens is 1. The molecule has 4 nitrogen and oxygen atoms in total. The number of nitrogens with zero attached hydrogens (tertiary/aromatic N) is 1. The van der Waals surface area contributed by atoms with Crippen molar-refractivity contribution < 1.29 is 4.79 Å². The second kappa shape index (κ2) is 7.75. The van der Waals surface area contributed by atoms with Gasteiger partial charge in [-0.05, 0) is 49.2 Å². The molecule has 1 fully saturated rings. The summed E-state index contributed by atoms with van der Waals surface area (Å²) in [5.74, 6) is 0.0255. The van der Waals surface area contributed by atoms with Crippen molar-refractivity contribution in [1.29, 1.82) is 0 Å². The molecule has 1 amide bonds. The number of anilines is 1. The Morgan fingerprint density at radius 2 is 1.83 bits per heavy atom. The van der Waals surface area contributed by atoms with Crippen LogP contribution in [0.15, 0.2) is 48.5 Å². The van der Waals surface area contributed by atoms with Gasteiger partial charge in [-0.2, -0.15) is 0 Å². The summed E-state index contributed by atoms with van der Waals surface area (Å²) in [4.78, 5) is 18.2. The maximum atomic E-state index is 12.7. The van der Waals surface area contributed by atoms with E-state index in [-0.39, 0.29) is 11.3 Å². The first-order valence-electron chi connectivity index (χ1n) is 10.2. The van der Waals surface area contributed by atoms with Crippen molar-refractivity contribution in [3.8, 4) is 0 Å². The van der Waals surface area contributed by atoms with Crippen LogP contribution in [0, 0.1) is 0 Å². The molecule has 1 aliphatic rings. The van der Waals surface area contributed by atoms with E-state index in [1.165, 1.54) is 16.6 Å². The molecule has 5 heteroatoms. The molecule has 29 heavy (non-hydrogen) atoms. The van der Waals surface area contributed by atoms with Crippen molar-refractivity contribution >= 4 is 34.1 Å². The molecule has 0 spiro atoms. The number of carbonyl (C=O) groups excluding carboxylic acids is 1. The molecule has 0 aliphatic carbocycles. The Bertz CT molecular complexity index is 1030. The van der Waals surface area contributed by atoms with Crippen molar-refractivity contribution in [2.75, 3.05) is 18.4 Å². The number of likely N-dealkylation sites (tertiary alicyclic amines) is 1. The zero-order chi connectivity index (χ0) is 20.6. The minimum atomic E-state index is 0.0255. The average molecular weight is 410 g/mol. The molecule has 2 heterocycles. The van der Waals surface area contributed by atoms with Crippen molar-refractivity contribution in [2.24, 2.45) is 0 Å². The van der Waals surface area contributed by atoms with Crippen molar-refractivity contribution in [3.05, 3.63) is 64.8 Å². The molecular formula is C24H28ClN3O. The van der Waals surface area contributed by atoms with E-state index in [9.17, 15) is 4.79 Å². The van der Waals surface area contributed by atoms with Gasteiger partial charge in [-0.15, -0.1) is 0 Å². The smallest absolute Gasteiger partial charge is 0.255 e. The predicted octanol–water partition coefficient (Wildman–Crippen LogP) is 5.84. The van der Waals surface area contributed by atoms with Crippen molar-refractivity contribution in [1.82, 2.24) is 9.88 Å². The largest absolute Gasteiger partial charge is 0.382 e. The third-order valence-electron chi connectivity index (χ3n) is 5.69. The standard InChI is InChI=1S/C24H28ClN3O/c1-24(2,3)22-15-16-14-18(8-9-21(16)27-22)26-17-10-12-28(13-11-17)23(29)19-6-4-5-7-20(19)25/h4-9,14-15,17,26-27H,10-13H2,1-3H3. The lowest BCUT2D eigenvalue weighted by atomic mass is 9.92. The lowest BCUT2D eigenvalue weighted by Gasteiger charge is -2.33. The fraction of sp³-hybridized carbons (Fsp3) is 0.375. The van der Waals surface area contributed by atoms with Gasteiger partial charge in [0.25, 0.3) is 5.91 Å². The summed E-state index contributed by atoms with van der Waals surface area (Å²) in [6.07, 6.45) is 1.85. The zero-order valence-electron chi connectivity index (χ0n) is 17.3. The Morgan fingerprint density at radius 1 is 1.10 bits per heavy atom. The van der Waals surface area contributed by atoms with Gasteiger partial charge < -0.3 is 15.2 Å². The number of fused-ring (bicyclic) bond motifs is 1. The molecule has 0 unspecified atom stereocenters. The summed E-state index contributed by atoms with van der Waals surface area (Å²) in [5, 5.41) is 5.40. The van der Waals surface area contributed by atoms with Crippen molar-refractivity contribution in [3.63, 3.8) is 0 Å². The molecule has 0 radical (unpaired) electrons. The molecular weight excluding hydrogens is 382 g/mol. The molecule has 0 bridgehead atoms. The fourth-order valence-corrected chi connectivity index (χ4v) is 4.11. The van der Waals surface area contributed by atoms with Crippen LogP contribution < -0.4 is 5.32 Å². The summed E-state index contributed by atoms with van der Waals surface area (Å²) in [7, 11) is 0. The highest BCUT2D eigenvalue weighted by atomic mass is 35.5. The van der Waals surface area contributed by atoms with Crippen LogP contribution in [0.3, 0.4) is 0 Å².